The van der Waals surface area contributed by atoms with E-state index in [-0.39, 0.29) is 12.5 Å². The molecule has 1 rings (SSSR count). The van der Waals surface area contributed by atoms with Crippen LogP contribution in [0.4, 0.5) is 4.79 Å². The third-order valence-corrected chi connectivity index (χ3v) is 3.79. The lowest BCUT2D eigenvalue weighted by Gasteiger charge is -2.16. The topological polar surface area (TPSA) is 78.4 Å². The quantitative estimate of drug-likeness (QED) is 0.473. The number of aliphatic carboxylic acids is 1. The highest BCUT2D eigenvalue weighted by Crippen LogP contribution is 2.16. The van der Waals surface area contributed by atoms with Crippen LogP contribution in [0.1, 0.15) is 70.6 Å². The van der Waals surface area contributed by atoms with Gasteiger partial charge < -0.3 is 15.7 Å². The maximum absolute atomic E-state index is 11.7. The van der Waals surface area contributed by atoms with Crippen molar-refractivity contribution in [2.45, 2.75) is 76.7 Å². The maximum atomic E-state index is 11.7. The third kappa shape index (κ3) is 8.77. The lowest BCUT2D eigenvalue weighted by Crippen LogP contribution is -2.42. The summed E-state index contributed by atoms with van der Waals surface area (Å²) in [5.74, 6) is -0.731. The minimum absolute atomic E-state index is 0.0533. The Hall–Kier alpha value is -1.26. The number of carboxylic acids is 1. The summed E-state index contributed by atoms with van der Waals surface area (Å²) in [6.45, 7) is 0.672. The van der Waals surface area contributed by atoms with E-state index in [9.17, 15) is 9.59 Å². The zero-order valence-corrected chi connectivity index (χ0v) is 12.3. The number of carbonyl (C=O) groups excluding carboxylic acids is 1. The second kappa shape index (κ2) is 10.5. The molecule has 0 aromatic heterocycles. The molecule has 2 amide bonds. The van der Waals surface area contributed by atoms with Crippen LogP contribution in [-0.4, -0.2) is 29.7 Å². The number of unbranched alkanes of at least 4 members (excludes halogenated alkanes) is 3. The summed E-state index contributed by atoms with van der Waals surface area (Å²) in [6.07, 6.45) is 11.0. The van der Waals surface area contributed by atoms with E-state index in [0.29, 0.717) is 12.6 Å². The Bertz CT molecular complexity index is 287. The first-order chi connectivity index (χ1) is 9.68. The molecule has 116 valence electrons. The first-order valence-electron chi connectivity index (χ1n) is 7.94. The number of urea groups is 1. The molecule has 0 bridgehead atoms. The van der Waals surface area contributed by atoms with Gasteiger partial charge in [0.2, 0.25) is 0 Å². The molecule has 3 N–H and O–H groups in total. The Labute approximate surface area is 121 Å². The smallest absolute Gasteiger partial charge is 0.315 e. The summed E-state index contributed by atoms with van der Waals surface area (Å²) in [5, 5.41) is 14.4. The van der Waals surface area contributed by atoms with Crippen LogP contribution in [0.2, 0.25) is 0 Å². The average Bonchev–Trinajstić information content (AvgIpc) is 2.66. The first kappa shape index (κ1) is 16.8. The van der Waals surface area contributed by atoms with Gasteiger partial charge in [-0.15, -0.1) is 0 Å². The lowest BCUT2D eigenvalue weighted by molar-refractivity contribution is -0.137. The first-order valence-corrected chi connectivity index (χ1v) is 7.94. The second-order valence-electron chi connectivity index (χ2n) is 5.65. The number of amides is 2. The zero-order chi connectivity index (χ0) is 14.6. The van der Waals surface area contributed by atoms with Crippen LogP contribution < -0.4 is 10.6 Å². The predicted octanol–water partition coefficient (Wildman–Crippen LogP) is 3.04. The summed E-state index contributed by atoms with van der Waals surface area (Å²) in [7, 11) is 0. The van der Waals surface area contributed by atoms with Gasteiger partial charge in [0, 0.05) is 19.0 Å². The van der Waals surface area contributed by atoms with Crippen LogP contribution in [0.25, 0.3) is 0 Å². The van der Waals surface area contributed by atoms with Crippen LogP contribution in [0, 0.1) is 0 Å². The van der Waals surface area contributed by atoms with Gasteiger partial charge >= 0.3 is 12.0 Å². The van der Waals surface area contributed by atoms with Gasteiger partial charge in [0.1, 0.15) is 0 Å². The molecule has 0 aliphatic heterocycles. The molecule has 5 nitrogen and oxygen atoms in total. The number of rotatable bonds is 8. The molecule has 0 saturated heterocycles. The predicted molar refractivity (Wildman–Crippen MR) is 78.7 cm³/mol. The molecule has 5 heteroatoms. The molecule has 1 fully saturated rings. The van der Waals surface area contributed by atoms with Crippen molar-refractivity contribution in [1.29, 1.82) is 0 Å². The Kier molecular flexibility index (Phi) is 8.83. The van der Waals surface area contributed by atoms with E-state index >= 15 is 0 Å². The number of hydrogen-bond donors (Lipinski definition) is 3. The summed E-state index contributed by atoms with van der Waals surface area (Å²) in [5.41, 5.74) is 0. The van der Waals surface area contributed by atoms with Gasteiger partial charge in [0.05, 0.1) is 0 Å². The summed E-state index contributed by atoms with van der Waals surface area (Å²) < 4.78 is 0. The number of carbonyl (C=O) groups is 2. The zero-order valence-electron chi connectivity index (χ0n) is 12.3. The monoisotopic (exact) mass is 284 g/mol. The molecule has 1 saturated carbocycles. The van der Waals surface area contributed by atoms with E-state index in [1.165, 1.54) is 25.7 Å². The van der Waals surface area contributed by atoms with Gasteiger partial charge in [-0.05, 0) is 25.7 Å². The fourth-order valence-corrected chi connectivity index (χ4v) is 2.62. The fraction of sp³-hybridized carbons (Fsp3) is 0.867. The Balaban J connectivity index is 1.95. The SMILES string of the molecule is O=C(O)CCCCCCNC(=O)NC1CCCCCC1. The highest BCUT2D eigenvalue weighted by Gasteiger charge is 2.13. The average molecular weight is 284 g/mol. The van der Waals surface area contributed by atoms with E-state index in [2.05, 4.69) is 10.6 Å². The van der Waals surface area contributed by atoms with Crippen LogP contribution in [0.3, 0.4) is 0 Å². The van der Waals surface area contributed by atoms with E-state index in [0.717, 1.165) is 38.5 Å². The van der Waals surface area contributed by atoms with Crippen molar-refractivity contribution >= 4 is 12.0 Å². The van der Waals surface area contributed by atoms with Crippen molar-refractivity contribution in [1.82, 2.24) is 10.6 Å². The maximum Gasteiger partial charge on any atom is 0.315 e. The Morgan fingerprint density at radius 1 is 0.950 bits per heavy atom. The normalized spacial score (nSPS) is 16.4. The minimum Gasteiger partial charge on any atom is -0.481 e. The van der Waals surface area contributed by atoms with Crippen molar-refractivity contribution in [2.24, 2.45) is 0 Å². The third-order valence-electron chi connectivity index (χ3n) is 3.79. The van der Waals surface area contributed by atoms with Gasteiger partial charge in [0.25, 0.3) is 0 Å². The molecule has 0 atom stereocenters. The van der Waals surface area contributed by atoms with Gasteiger partial charge in [-0.2, -0.15) is 0 Å². The molecule has 20 heavy (non-hydrogen) atoms. The molecule has 0 radical (unpaired) electrons. The summed E-state index contributed by atoms with van der Waals surface area (Å²) in [6, 6.07) is 0.288. The summed E-state index contributed by atoms with van der Waals surface area (Å²) >= 11 is 0. The van der Waals surface area contributed by atoms with Gasteiger partial charge in [-0.3, -0.25) is 4.79 Å². The van der Waals surface area contributed by atoms with Crippen molar-refractivity contribution in [2.75, 3.05) is 6.54 Å². The van der Waals surface area contributed by atoms with E-state index in [1.807, 2.05) is 0 Å². The Morgan fingerprint density at radius 3 is 2.25 bits per heavy atom. The van der Waals surface area contributed by atoms with Crippen molar-refractivity contribution < 1.29 is 14.7 Å². The van der Waals surface area contributed by atoms with Crippen LogP contribution in [0.5, 0.6) is 0 Å². The van der Waals surface area contributed by atoms with Gasteiger partial charge in [-0.1, -0.05) is 38.5 Å². The van der Waals surface area contributed by atoms with E-state index in [1.54, 1.807) is 0 Å². The van der Waals surface area contributed by atoms with Crippen LogP contribution in [0.15, 0.2) is 0 Å². The molecule has 0 heterocycles. The molecular formula is C15H28N2O3. The molecule has 1 aliphatic rings. The van der Waals surface area contributed by atoms with E-state index < -0.39 is 5.97 Å². The second-order valence-corrected chi connectivity index (χ2v) is 5.65. The minimum atomic E-state index is -0.731. The molecular weight excluding hydrogens is 256 g/mol. The molecule has 0 aromatic carbocycles. The van der Waals surface area contributed by atoms with Crippen LogP contribution >= 0.6 is 0 Å². The van der Waals surface area contributed by atoms with Crippen LogP contribution in [-0.2, 0) is 4.79 Å². The standard InChI is InChI=1S/C15H28N2O3/c18-14(19)11-7-3-4-8-12-16-15(20)17-13-9-5-1-2-6-10-13/h13H,1-12H2,(H,18,19)(H2,16,17,20). The summed E-state index contributed by atoms with van der Waals surface area (Å²) in [4.78, 5) is 22.0. The Morgan fingerprint density at radius 2 is 1.60 bits per heavy atom. The number of nitrogens with one attached hydrogen (secondary N) is 2. The molecule has 0 spiro atoms. The van der Waals surface area contributed by atoms with Crippen molar-refractivity contribution in [3.05, 3.63) is 0 Å². The van der Waals surface area contributed by atoms with E-state index in [4.69, 9.17) is 5.11 Å². The highest BCUT2D eigenvalue weighted by atomic mass is 16.4. The lowest BCUT2D eigenvalue weighted by atomic mass is 10.1. The molecule has 1 aliphatic carbocycles. The largest absolute Gasteiger partial charge is 0.481 e. The van der Waals surface area contributed by atoms with Crippen molar-refractivity contribution in [3.8, 4) is 0 Å². The fourth-order valence-electron chi connectivity index (χ4n) is 2.62. The van der Waals surface area contributed by atoms with Gasteiger partial charge in [-0.25, -0.2) is 4.79 Å². The van der Waals surface area contributed by atoms with Crippen molar-refractivity contribution in [3.63, 3.8) is 0 Å². The number of carboxylic acid groups (broad SMARTS) is 1. The molecule has 0 unspecified atom stereocenters. The van der Waals surface area contributed by atoms with Gasteiger partial charge in [0.15, 0.2) is 0 Å². The molecule has 0 aromatic rings. The number of hydrogen-bond acceptors (Lipinski definition) is 2. The highest BCUT2D eigenvalue weighted by molar-refractivity contribution is 5.74.